The molecule has 0 saturated carbocycles. The molecule has 0 fully saturated rings. The first-order chi connectivity index (χ1) is 15.0. The molecular formula is C24H16BrN3O3. The van der Waals surface area contributed by atoms with Gasteiger partial charge < -0.3 is 5.11 Å². The number of fused-ring (bicyclic) bond motifs is 1. The molecule has 0 radical (unpaired) electrons. The maximum atomic E-state index is 13.5. The summed E-state index contributed by atoms with van der Waals surface area (Å²) in [5.74, 6) is -1.22. The zero-order chi connectivity index (χ0) is 21.5. The molecule has 0 spiro atoms. The van der Waals surface area contributed by atoms with Gasteiger partial charge in [-0.25, -0.2) is 4.79 Å². The molecule has 7 heteroatoms. The highest BCUT2D eigenvalue weighted by atomic mass is 79.9. The molecule has 3 aromatic carbocycles. The smallest absolute Gasteiger partial charge is 0.335 e. The van der Waals surface area contributed by atoms with Crippen LogP contribution in [0.25, 0.3) is 11.3 Å². The topological polar surface area (TPSA) is 86.3 Å². The van der Waals surface area contributed by atoms with Crippen molar-refractivity contribution in [3.63, 3.8) is 0 Å². The first-order valence-electron chi connectivity index (χ1n) is 9.60. The number of carbonyl (C=O) groups excluding carboxylic acids is 1. The minimum atomic E-state index is -1.01. The lowest BCUT2D eigenvalue weighted by molar-refractivity contribution is 0.0696. The highest BCUT2D eigenvalue weighted by Crippen LogP contribution is 2.45. The molecule has 2 N–H and O–H groups in total. The summed E-state index contributed by atoms with van der Waals surface area (Å²) in [5, 5.41) is 16.6. The van der Waals surface area contributed by atoms with Gasteiger partial charge in [0.25, 0.3) is 5.91 Å². The summed E-state index contributed by atoms with van der Waals surface area (Å²) in [4.78, 5) is 26.4. The minimum absolute atomic E-state index is 0.166. The Kier molecular flexibility index (Phi) is 4.67. The second-order valence-corrected chi connectivity index (χ2v) is 8.13. The summed E-state index contributed by atoms with van der Waals surface area (Å²) < 4.78 is 0.900. The number of aromatic nitrogens is 2. The van der Waals surface area contributed by atoms with E-state index in [1.165, 1.54) is 12.1 Å². The van der Waals surface area contributed by atoms with Crippen molar-refractivity contribution in [3.05, 3.63) is 106 Å². The Morgan fingerprint density at radius 2 is 1.74 bits per heavy atom. The molecule has 2 heterocycles. The number of hydrogen-bond acceptors (Lipinski definition) is 3. The van der Waals surface area contributed by atoms with Crippen molar-refractivity contribution in [1.29, 1.82) is 0 Å². The van der Waals surface area contributed by atoms with Gasteiger partial charge in [0, 0.05) is 21.3 Å². The van der Waals surface area contributed by atoms with Gasteiger partial charge >= 0.3 is 5.97 Å². The fourth-order valence-electron chi connectivity index (χ4n) is 3.99. The van der Waals surface area contributed by atoms with E-state index in [0.29, 0.717) is 11.4 Å². The van der Waals surface area contributed by atoms with Crippen LogP contribution in [0.1, 0.15) is 38.0 Å². The highest BCUT2D eigenvalue weighted by molar-refractivity contribution is 9.10. The average molecular weight is 474 g/mol. The fraction of sp³-hybridized carbons (Fsp3) is 0.0417. The number of carbonyl (C=O) groups is 2. The Morgan fingerprint density at radius 3 is 2.42 bits per heavy atom. The number of carboxylic acids is 1. The van der Waals surface area contributed by atoms with Crippen molar-refractivity contribution in [2.24, 2.45) is 0 Å². The summed E-state index contributed by atoms with van der Waals surface area (Å²) in [7, 11) is 0. The number of rotatable bonds is 4. The molecule has 4 aromatic rings. The first kappa shape index (κ1) is 19.3. The van der Waals surface area contributed by atoms with Crippen molar-refractivity contribution >= 4 is 33.5 Å². The van der Waals surface area contributed by atoms with Gasteiger partial charge in [0.1, 0.15) is 5.69 Å². The molecular weight excluding hydrogens is 458 g/mol. The third-order valence-corrected chi connectivity index (χ3v) is 5.87. The average Bonchev–Trinajstić information content (AvgIpc) is 3.33. The van der Waals surface area contributed by atoms with Crippen LogP contribution in [-0.2, 0) is 0 Å². The number of aromatic amines is 1. The van der Waals surface area contributed by atoms with Crippen LogP contribution in [-0.4, -0.2) is 27.2 Å². The van der Waals surface area contributed by atoms with Gasteiger partial charge in [-0.15, -0.1) is 0 Å². The molecule has 0 aliphatic carbocycles. The SMILES string of the molecule is O=C(O)c1ccc(N2C(=O)c3[nH]nc(-c4ccccc4)c3[C@H]2c2cccc(Br)c2)cc1. The Labute approximate surface area is 186 Å². The normalized spacial score (nSPS) is 15.2. The number of halogens is 1. The van der Waals surface area contributed by atoms with Crippen LogP contribution in [0.3, 0.4) is 0 Å². The Morgan fingerprint density at radius 1 is 1.00 bits per heavy atom. The van der Waals surface area contributed by atoms with Crippen LogP contribution in [0.4, 0.5) is 5.69 Å². The third kappa shape index (κ3) is 3.23. The number of carboxylic acid groups (broad SMARTS) is 1. The van der Waals surface area contributed by atoms with Gasteiger partial charge in [-0.2, -0.15) is 5.10 Å². The minimum Gasteiger partial charge on any atom is -0.478 e. The maximum Gasteiger partial charge on any atom is 0.335 e. The van der Waals surface area contributed by atoms with Crippen LogP contribution < -0.4 is 4.90 Å². The van der Waals surface area contributed by atoms with E-state index in [1.54, 1.807) is 17.0 Å². The van der Waals surface area contributed by atoms with Crippen molar-refractivity contribution in [2.75, 3.05) is 4.90 Å². The van der Waals surface area contributed by atoms with E-state index >= 15 is 0 Å². The van der Waals surface area contributed by atoms with Gasteiger partial charge in [-0.1, -0.05) is 58.4 Å². The number of hydrogen-bond donors (Lipinski definition) is 2. The summed E-state index contributed by atoms with van der Waals surface area (Å²) in [6.45, 7) is 0. The maximum absolute atomic E-state index is 13.5. The fourth-order valence-corrected chi connectivity index (χ4v) is 4.40. The van der Waals surface area contributed by atoms with E-state index in [-0.39, 0.29) is 11.5 Å². The van der Waals surface area contributed by atoms with E-state index in [1.807, 2.05) is 54.6 Å². The van der Waals surface area contributed by atoms with Gasteiger partial charge in [0.05, 0.1) is 17.3 Å². The summed E-state index contributed by atoms with van der Waals surface area (Å²) in [6.07, 6.45) is 0. The Bertz CT molecular complexity index is 1300. The third-order valence-electron chi connectivity index (χ3n) is 5.37. The molecule has 1 aromatic heterocycles. The van der Waals surface area contributed by atoms with Crippen molar-refractivity contribution in [3.8, 4) is 11.3 Å². The van der Waals surface area contributed by atoms with Gasteiger partial charge in [0.2, 0.25) is 0 Å². The second-order valence-electron chi connectivity index (χ2n) is 7.21. The lowest BCUT2D eigenvalue weighted by atomic mass is 9.96. The number of amides is 1. The number of aromatic carboxylic acids is 1. The molecule has 0 unspecified atom stereocenters. The lowest BCUT2D eigenvalue weighted by Gasteiger charge is -2.26. The van der Waals surface area contributed by atoms with E-state index in [4.69, 9.17) is 0 Å². The zero-order valence-electron chi connectivity index (χ0n) is 16.1. The molecule has 0 bridgehead atoms. The molecule has 0 saturated heterocycles. The van der Waals surface area contributed by atoms with E-state index < -0.39 is 12.0 Å². The zero-order valence-corrected chi connectivity index (χ0v) is 17.7. The Hall–Kier alpha value is -3.71. The monoisotopic (exact) mass is 473 g/mol. The molecule has 152 valence electrons. The first-order valence-corrected chi connectivity index (χ1v) is 10.4. The summed E-state index contributed by atoms with van der Waals surface area (Å²) >= 11 is 3.53. The number of benzene rings is 3. The molecule has 6 nitrogen and oxygen atoms in total. The van der Waals surface area contributed by atoms with Crippen molar-refractivity contribution in [1.82, 2.24) is 10.2 Å². The van der Waals surface area contributed by atoms with Gasteiger partial charge in [0.15, 0.2) is 0 Å². The van der Waals surface area contributed by atoms with Crippen LogP contribution in [0.2, 0.25) is 0 Å². The number of nitrogens with zero attached hydrogens (tertiary/aromatic N) is 2. The summed E-state index contributed by atoms with van der Waals surface area (Å²) in [5.41, 5.74) is 4.57. The molecule has 1 aliphatic rings. The molecule has 1 aliphatic heterocycles. The second kappa shape index (κ2) is 7.52. The largest absolute Gasteiger partial charge is 0.478 e. The van der Waals surface area contributed by atoms with E-state index in [0.717, 1.165) is 26.9 Å². The van der Waals surface area contributed by atoms with Crippen LogP contribution in [0.5, 0.6) is 0 Å². The quantitative estimate of drug-likeness (QED) is 0.421. The van der Waals surface area contributed by atoms with Crippen LogP contribution in [0.15, 0.2) is 83.3 Å². The van der Waals surface area contributed by atoms with Crippen LogP contribution >= 0.6 is 15.9 Å². The predicted molar refractivity (Wildman–Crippen MR) is 120 cm³/mol. The van der Waals surface area contributed by atoms with Gasteiger partial charge in [-0.3, -0.25) is 14.8 Å². The Balaban J connectivity index is 1.70. The molecule has 31 heavy (non-hydrogen) atoms. The number of anilines is 1. The van der Waals surface area contributed by atoms with Crippen molar-refractivity contribution < 1.29 is 14.7 Å². The standard InChI is InChI=1S/C24H16BrN3O3/c25-17-8-4-7-16(13-17)22-19-20(14-5-2-1-3-6-14)26-27-21(19)23(29)28(22)18-11-9-15(10-12-18)24(30)31/h1-13,22H,(H,26,27)(H,30,31)/t22-/m1/s1. The predicted octanol–water partition coefficient (Wildman–Crippen LogP) is 5.29. The molecule has 1 amide bonds. The van der Waals surface area contributed by atoms with Crippen molar-refractivity contribution in [2.45, 2.75) is 6.04 Å². The van der Waals surface area contributed by atoms with Gasteiger partial charge in [-0.05, 0) is 42.0 Å². The van der Waals surface area contributed by atoms with E-state index in [9.17, 15) is 14.7 Å². The number of nitrogens with one attached hydrogen (secondary N) is 1. The van der Waals surface area contributed by atoms with E-state index in [2.05, 4.69) is 26.1 Å². The molecule has 1 atom stereocenters. The molecule has 5 rings (SSSR count). The lowest BCUT2D eigenvalue weighted by Crippen LogP contribution is -2.29. The number of H-pyrrole nitrogens is 1. The summed E-state index contributed by atoms with van der Waals surface area (Å²) in [6, 6.07) is 23.5. The van der Waals surface area contributed by atoms with Crippen LogP contribution in [0, 0.1) is 0 Å². The highest BCUT2D eigenvalue weighted by Gasteiger charge is 2.43.